The van der Waals surface area contributed by atoms with Crippen LogP contribution in [0.1, 0.15) is 29.8 Å². The number of β-amino-alcohol motifs (C(OH)–C–C–N with tert-alkyl or cyclic N) is 1. The molecule has 0 saturated carbocycles. The fraction of sp³-hybridized carbons (Fsp3) is 0.696. The number of aliphatic hydroxyl groups is 1. The summed E-state index contributed by atoms with van der Waals surface area (Å²) in [6.07, 6.45) is -0.630. The Morgan fingerprint density at radius 2 is 2.03 bits per heavy atom. The van der Waals surface area contributed by atoms with Gasteiger partial charge < -0.3 is 24.2 Å². The molecule has 1 amide bonds. The van der Waals surface area contributed by atoms with E-state index in [4.69, 9.17) is 14.2 Å². The number of carbonyl (C=O) groups excluding carboxylic acids is 1. The lowest BCUT2D eigenvalue weighted by atomic mass is 10.1. The van der Waals surface area contributed by atoms with Gasteiger partial charge in [-0.05, 0) is 25.0 Å². The topological polar surface area (TPSA) is 71.5 Å². The van der Waals surface area contributed by atoms with Gasteiger partial charge in [0.1, 0.15) is 0 Å². The molecule has 0 spiro atoms. The van der Waals surface area contributed by atoms with Crippen LogP contribution in [0.5, 0.6) is 0 Å². The first-order valence-electron chi connectivity index (χ1n) is 10.8. The first-order valence-corrected chi connectivity index (χ1v) is 10.8. The molecule has 7 heteroatoms. The zero-order valence-corrected chi connectivity index (χ0v) is 18.9. The van der Waals surface area contributed by atoms with Gasteiger partial charge in [0.2, 0.25) is 0 Å². The van der Waals surface area contributed by atoms with Gasteiger partial charge in [-0.25, -0.2) is 0 Å². The number of hydrogen-bond acceptors (Lipinski definition) is 6. The van der Waals surface area contributed by atoms with E-state index in [-0.39, 0.29) is 12.0 Å². The van der Waals surface area contributed by atoms with Crippen LogP contribution in [0.4, 0.5) is 0 Å². The van der Waals surface area contributed by atoms with Crippen LogP contribution in [0.25, 0.3) is 0 Å². The van der Waals surface area contributed by atoms with E-state index in [0.717, 1.165) is 12.1 Å². The lowest BCUT2D eigenvalue weighted by molar-refractivity contribution is -0.0605. The zero-order chi connectivity index (χ0) is 21.9. The van der Waals surface area contributed by atoms with Crippen molar-refractivity contribution in [3.63, 3.8) is 0 Å². The van der Waals surface area contributed by atoms with Gasteiger partial charge in [-0.3, -0.25) is 9.69 Å². The van der Waals surface area contributed by atoms with Gasteiger partial charge in [-0.2, -0.15) is 0 Å². The summed E-state index contributed by atoms with van der Waals surface area (Å²) in [5.41, 5.74) is 1.79. The van der Waals surface area contributed by atoms with E-state index in [1.54, 1.807) is 12.0 Å². The van der Waals surface area contributed by atoms with Crippen molar-refractivity contribution in [1.82, 2.24) is 9.80 Å². The molecule has 170 valence electrons. The summed E-state index contributed by atoms with van der Waals surface area (Å²) in [4.78, 5) is 17.0. The number of ether oxygens (including phenoxy) is 3. The lowest BCUT2D eigenvalue weighted by Crippen LogP contribution is -2.51. The fourth-order valence-corrected chi connectivity index (χ4v) is 3.45. The summed E-state index contributed by atoms with van der Waals surface area (Å²) in [5.74, 6) is 0.434. The number of nitrogens with zero attached hydrogens (tertiary/aromatic N) is 2. The molecule has 2 unspecified atom stereocenters. The summed E-state index contributed by atoms with van der Waals surface area (Å²) < 4.78 is 16.7. The van der Waals surface area contributed by atoms with E-state index in [1.807, 2.05) is 31.2 Å². The van der Waals surface area contributed by atoms with Gasteiger partial charge in [0.05, 0.1) is 32.0 Å². The van der Waals surface area contributed by atoms with E-state index in [1.165, 1.54) is 0 Å². The molecule has 1 aromatic rings. The Bertz CT molecular complexity index is 623. The van der Waals surface area contributed by atoms with Crippen molar-refractivity contribution in [3.8, 4) is 0 Å². The smallest absolute Gasteiger partial charge is 0.254 e. The second-order valence-electron chi connectivity index (χ2n) is 8.45. The molecule has 2 atom stereocenters. The Labute approximate surface area is 180 Å². The average molecular weight is 423 g/mol. The predicted molar refractivity (Wildman–Crippen MR) is 117 cm³/mol. The second-order valence-corrected chi connectivity index (χ2v) is 8.45. The van der Waals surface area contributed by atoms with E-state index in [2.05, 4.69) is 18.7 Å². The largest absolute Gasteiger partial charge is 0.389 e. The Kier molecular flexibility index (Phi) is 10.7. The van der Waals surface area contributed by atoms with Crippen LogP contribution >= 0.6 is 0 Å². The maximum absolute atomic E-state index is 13.0. The molecular weight excluding hydrogens is 384 g/mol. The second kappa shape index (κ2) is 13.0. The number of hydrogen-bond donors (Lipinski definition) is 1. The van der Waals surface area contributed by atoms with Crippen LogP contribution in [0, 0.1) is 12.8 Å². The summed E-state index contributed by atoms with van der Waals surface area (Å²) in [5, 5.41) is 10.3. The summed E-state index contributed by atoms with van der Waals surface area (Å²) in [6.45, 7) is 11.2. The number of rotatable bonds is 12. The van der Waals surface area contributed by atoms with Crippen molar-refractivity contribution < 1.29 is 24.1 Å². The highest BCUT2D eigenvalue weighted by Gasteiger charge is 2.26. The molecular formula is C23H38N2O5. The molecule has 0 aliphatic carbocycles. The third-order valence-electron chi connectivity index (χ3n) is 5.03. The third kappa shape index (κ3) is 8.70. The fourth-order valence-electron chi connectivity index (χ4n) is 3.45. The number of carbonyl (C=O) groups is 1. The highest BCUT2D eigenvalue weighted by molar-refractivity contribution is 5.94. The lowest BCUT2D eigenvalue weighted by Gasteiger charge is -2.36. The molecule has 1 aliphatic rings. The maximum Gasteiger partial charge on any atom is 0.254 e. The Hall–Kier alpha value is -1.51. The third-order valence-corrected chi connectivity index (χ3v) is 5.03. The predicted octanol–water partition coefficient (Wildman–Crippen LogP) is 1.82. The van der Waals surface area contributed by atoms with Crippen molar-refractivity contribution >= 4 is 5.91 Å². The molecule has 1 heterocycles. The SMILES string of the molecule is COCCN(CC1CN(CC(O)COCC(C)C)CCO1)C(=O)c1ccc(C)cc1. The molecule has 1 aliphatic heterocycles. The number of aryl methyl sites for hydroxylation is 1. The Morgan fingerprint density at radius 3 is 2.70 bits per heavy atom. The minimum Gasteiger partial charge on any atom is -0.389 e. The number of benzene rings is 1. The highest BCUT2D eigenvalue weighted by atomic mass is 16.5. The van der Waals surface area contributed by atoms with Gasteiger partial charge in [0.15, 0.2) is 0 Å². The van der Waals surface area contributed by atoms with Crippen molar-refractivity contribution in [2.75, 3.05) is 66.3 Å². The number of aliphatic hydroxyl groups excluding tert-OH is 1. The van der Waals surface area contributed by atoms with Crippen LogP contribution in [0.15, 0.2) is 24.3 Å². The quantitative estimate of drug-likeness (QED) is 0.554. The Balaban J connectivity index is 1.89. The van der Waals surface area contributed by atoms with Gasteiger partial charge in [0, 0.05) is 52.0 Å². The van der Waals surface area contributed by atoms with Crippen molar-refractivity contribution in [2.24, 2.45) is 5.92 Å². The van der Waals surface area contributed by atoms with Gasteiger partial charge in [0.25, 0.3) is 5.91 Å². The van der Waals surface area contributed by atoms with E-state index in [0.29, 0.717) is 64.1 Å². The number of morpholine rings is 1. The first kappa shape index (κ1) is 24.8. The molecule has 0 bridgehead atoms. The van der Waals surface area contributed by atoms with Gasteiger partial charge in [-0.1, -0.05) is 31.5 Å². The molecule has 1 fully saturated rings. The molecule has 0 aromatic heterocycles. The highest BCUT2D eigenvalue weighted by Crippen LogP contribution is 2.12. The van der Waals surface area contributed by atoms with E-state index < -0.39 is 6.10 Å². The molecule has 30 heavy (non-hydrogen) atoms. The van der Waals surface area contributed by atoms with E-state index >= 15 is 0 Å². The molecule has 1 N–H and O–H groups in total. The van der Waals surface area contributed by atoms with E-state index in [9.17, 15) is 9.90 Å². The number of methoxy groups -OCH3 is 1. The standard InChI is InChI=1S/C23H38N2O5/c1-18(2)16-29-17-21(26)13-24-9-12-30-22(14-24)15-25(10-11-28-4)23(27)20-7-5-19(3)6-8-20/h5-8,18,21-22,26H,9-17H2,1-4H3. The molecule has 1 aromatic carbocycles. The molecule has 7 nitrogen and oxygen atoms in total. The summed E-state index contributed by atoms with van der Waals surface area (Å²) in [7, 11) is 1.64. The zero-order valence-electron chi connectivity index (χ0n) is 18.9. The van der Waals surface area contributed by atoms with Crippen molar-refractivity contribution in [1.29, 1.82) is 0 Å². The van der Waals surface area contributed by atoms with Gasteiger partial charge in [-0.15, -0.1) is 0 Å². The van der Waals surface area contributed by atoms with Crippen LogP contribution in [-0.2, 0) is 14.2 Å². The number of amides is 1. The van der Waals surface area contributed by atoms with Gasteiger partial charge >= 0.3 is 0 Å². The molecule has 1 saturated heterocycles. The molecule has 0 radical (unpaired) electrons. The normalized spacial score (nSPS) is 18.5. The summed E-state index contributed by atoms with van der Waals surface area (Å²) >= 11 is 0. The minimum absolute atomic E-state index is 0.0186. The minimum atomic E-state index is -0.527. The van der Waals surface area contributed by atoms with Crippen LogP contribution in [-0.4, -0.2) is 99.3 Å². The molecule has 2 rings (SSSR count). The van der Waals surface area contributed by atoms with Crippen molar-refractivity contribution in [2.45, 2.75) is 33.0 Å². The van der Waals surface area contributed by atoms with Crippen molar-refractivity contribution in [3.05, 3.63) is 35.4 Å². The first-order chi connectivity index (χ1) is 14.4. The van der Waals surface area contributed by atoms with Crippen LogP contribution in [0.2, 0.25) is 0 Å². The average Bonchev–Trinajstić information content (AvgIpc) is 2.71. The van der Waals surface area contributed by atoms with Crippen LogP contribution < -0.4 is 0 Å². The summed E-state index contributed by atoms with van der Waals surface area (Å²) in [6, 6.07) is 7.62. The maximum atomic E-state index is 13.0. The monoisotopic (exact) mass is 422 g/mol. The Morgan fingerprint density at radius 1 is 1.30 bits per heavy atom. The van der Waals surface area contributed by atoms with Crippen LogP contribution in [0.3, 0.4) is 0 Å².